The van der Waals surface area contributed by atoms with Crippen molar-refractivity contribution in [2.75, 3.05) is 27.4 Å². The molecule has 1 aromatic rings. The van der Waals surface area contributed by atoms with Crippen molar-refractivity contribution in [3.63, 3.8) is 0 Å². The highest BCUT2D eigenvalue weighted by Gasteiger charge is 2.01. The molecule has 4 nitrogen and oxygen atoms in total. The highest BCUT2D eigenvalue weighted by molar-refractivity contribution is 6.32. The standard InChI is InChI=1S/C11H16ClNO3/c1-14-5-6-16-13-8-9-3-4-11(15-2)10(12)7-9/h3-4,7,13H,5-6,8H2,1-2H3. The number of methoxy groups -OCH3 is 2. The SMILES string of the molecule is COCCONCc1ccc(OC)c(Cl)c1. The van der Waals surface area contributed by atoms with Gasteiger partial charge in [-0.2, -0.15) is 5.48 Å². The van der Waals surface area contributed by atoms with Crippen molar-refractivity contribution in [2.45, 2.75) is 6.54 Å². The van der Waals surface area contributed by atoms with Crippen molar-refractivity contribution in [1.82, 2.24) is 5.48 Å². The number of halogens is 1. The van der Waals surface area contributed by atoms with Crippen molar-refractivity contribution in [2.24, 2.45) is 0 Å². The van der Waals surface area contributed by atoms with Crippen LogP contribution in [0.4, 0.5) is 0 Å². The molecule has 0 radical (unpaired) electrons. The highest BCUT2D eigenvalue weighted by Crippen LogP contribution is 2.24. The molecule has 0 amide bonds. The van der Waals surface area contributed by atoms with E-state index in [-0.39, 0.29) is 0 Å². The minimum atomic E-state index is 0.514. The van der Waals surface area contributed by atoms with Gasteiger partial charge in [-0.1, -0.05) is 17.7 Å². The van der Waals surface area contributed by atoms with Crippen LogP contribution in [-0.2, 0) is 16.1 Å². The van der Waals surface area contributed by atoms with Crippen LogP contribution in [0.25, 0.3) is 0 Å². The Hall–Kier alpha value is -0.810. The number of nitrogens with one attached hydrogen (secondary N) is 1. The zero-order valence-corrected chi connectivity index (χ0v) is 10.2. The summed E-state index contributed by atoms with van der Waals surface area (Å²) in [4.78, 5) is 5.13. The fourth-order valence-electron chi connectivity index (χ4n) is 1.15. The molecule has 0 saturated carbocycles. The molecule has 1 N–H and O–H groups in total. The van der Waals surface area contributed by atoms with Gasteiger partial charge in [0, 0.05) is 13.7 Å². The molecule has 0 atom stereocenters. The molecule has 1 aromatic carbocycles. The van der Waals surface area contributed by atoms with Crippen LogP contribution in [0.2, 0.25) is 5.02 Å². The molecule has 0 fully saturated rings. The van der Waals surface area contributed by atoms with E-state index in [4.69, 9.17) is 25.9 Å². The Kier molecular flexibility index (Phi) is 6.18. The van der Waals surface area contributed by atoms with Crippen molar-refractivity contribution < 1.29 is 14.3 Å². The number of hydroxylamine groups is 1. The average molecular weight is 246 g/mol. The molecule has 0 aromatic heterocycles. The first-order valence-electron chi connectivity index (χ1n) is 4.94. The van der Waals surface area contributed by atoms with Crippen LogP contribution in [0, 0.1) is 0 Å². The summed E-state index contributed by atoms with van der Waals surface area (Å²) in [5, 5.41) is 0.596. The van der Waals surface area contributed by atoms with Crippen molar-refractivity contribution in [3.8, 4) is 5.75 Å². The Morgan fingerprint density at radius 3 is 2.69 bits per heavy atom. The van der Waals surface area contributed by atoms with E-state index in [2.05, 4.69) is 5.48 Å². The first-order valence-corrected chi connectivity index (χ1v) is 5.31. The van der Waals surface area contributed by atoms with Gasteiger partial charge in [-0.3, -0.25) is 4.84 Å². The maximum atomic E-state index is 5.98. The van der Waals surface area contributed by atoms with Crippen molar-refractivity contribution in [3.05, 3.63) is 28.8 Å². The third kappa shape index (κ3) is 4.37. The second-order valence-electron chi connectivity index (χ2n) is 3.13. The Bertz CT molecular complexity index is 320. The molecule has 90 valence electrons. The maximum absolute atomic E-state index is 5.98. The van der Waals surface area contributed by atoms with E-state index in [9.17, 15) is 0 Å². The van der Waals surface area contributed by atoms with E-state index < -0.39 is 0 Å². The third-order valence-corrected chi connectivity index (χ3v) is 2.28. The second kappa shape index (κ2) is 7.46. The normalized spacial score (nSPS) is 10.4. The Labute approximate surface area is 100 Å². The predicted octanol–water partition coefficient (Wildman–Crippen LogP) is 2.02. The zero-order valence-electron chi connectivity index (χ0n) is 9.46. The fraction of sp³-hybridized carbons (Fsp3) is 0.455. The van der Waals surface area contributed by atoms with Gasteiger partial charge in [0.2, 0.25) is 0 Å². The van der Waals surface area contributed by atoms with Crippen LogP contribution in [0.3, 0.4) is 0 Å². The lowest BCUT2D eigenvalue weighted by molar-refractivity contribution is 0.00346. The van der Waals surface area contributed by atoms with Gasteiger partial charge in [-0.05, 0) is 17.7 Å². The van der Waals surface area contributed by atoms with Crippen LogP contribution < -0.4 is 10.2 Å². The van der Waals surface area contributed by atoms with E-state index >= 15 is 0 Å². The Morgan fingerprint density at radius 2 is 2.06 bits per heavy atom. The smallest absolute Gasteiger partial charge is 0.137 e. The van der Waals surface area contributed by atoms with E-state index in [1.807, 2.05) is 18.2 Å². The highest BCUT2D eigenvalue weighted by atomic mass is 35.5. The lowest BCUT2D eigenvalue weighted by atomic mass is 10.2. The molecule has 0 bridgehead atoms. The van der Waals surface area contributed by atoms with Gasteiger partial charge < -0.3 is 9.47 Å². The van der Waals surface area contributed by atoms with Crippen LogP contribution in [0.15, 0.2) is 18.2 Å². The number of hydrogen-bond donors (Lipinski definition) is 1. The van der Waals surface area contributed by atoms with Gasteiger partial charge in [-0.25, -0.2) is 0 Å². The van der Waals surface area contributed by atoms with E-state index in [0.717, 1.165) is 5.56 Å². The zero-order chi connectivity index (χ0) is 11.8. The quantitative estimate of drug-likeness (QED) is 0.589. The van der Waals surface area contributed by atoms with Gasteiger partial charge >= 0.3 is 0 Å². The lowest BCUT2D eigenvalue weighted by Gasteiger charge is -2.07. The van der Waals surface area contributed by atoms with Gasteiger partial charge in [0.15, 0.2) is 0 Å². The third-order valence-electron chi connectivity index (χ3n) is 1.98. The summed E-state index contributed by atoms with van der Waals surface area (Å²) >= 11 is 5.98. The molecule has 0 heterocycles. The summed E-state index contributed by atoms with van der Waals surface area (Å²) in [5.41, 5.74) is 3.85. The molecule has 0 aliphatic carbocycles. The van der Waals surface area contributed by atoms with E-state index in [1.54, 1.807) is 14.2 Å². The average Bonchev–Trinajstić information content (AvgIpc) is 2.29. The van der Waals surface area contributed by atoms with Crippen molar-refractivity contribution in [1.29, 1.82) is 0 Å². The largest absolute Gasteiger partial charge is 0.495 e. The van der Waals surface area contributed by atoms with E-state index in [1.165, 1.54) is 0 Å². The first kappa shape index (κ1) is 13.3. The molecule has 0 unspecified atom stereocenters. The van der Waals surface area contributed by atoms with Crippen LogP contribution in [0.5, 0.6) is 5.75 Å². The minimum absolute atomic E-state index is 0.514. The molecular formula is C11H16ClNO3. The second-order valence-corrected chi connectivity index (χ2v) is 3.54. The number of rotatable bonds is 7. The van der Waals surface area contributed by atoms with Crippen LogP contribution >= 0.6 is 11.6 Å². The predicted molar refractivity (Wildman–Crippen MR) is 62.7 cm³/mol. The summed E-state index contributed by atoms with van der Waals surface area (Å²) in [6.07, 6.45) is 0. The molecule has 0 aliphatic heterocycles. The fourth-order valence-corrected chi connectivity index (χ4v) is 1.43. The lowest BCUT2D eigenvalue weighted by Crippen LogP contribution is -2.17. The summed E-state index contributed by atoms with van der Waals surface area (Å²) < 4.78 is 9.90. The van der Waals surface area contributed by atoms with Crippen LogP contribution in [-0.4, -0.2) is 27.4 Å². The summed E-state index contributed by atoms with van der Waals surface area (Å²) in [5.74, 6) is 0.672. The maximum Gasteiger partial charge on any atom is 0.137 e. The summed E-state index contributed by atoms with van der Waals surface area (Å²) in [7, 11) is 3.22. The topological polar surface area (TPSA) is 39.7 Å². The van der Waals surface area contributed by atoms with Crippen LogP contribution in [0.1, 0.15) is 5.56 Å². The first-order chi connectivity index (χ1) is 7.77. The molecule has 5 heteroatoms. The Balaban J connectivity index is 2.34. The number of hydrogen-bond acceptors (Lipinski definition) is 4. The molecular weight excluding hydrogens is 230 g/mol. The monoisotopic (exact) mass is 245 g/mol. The molecule has 1 rings (SSSR count). The molecule has 16 heavy (non-hydrogen) atoms. The molecule has 0 saturated heterocycles. The van der Waals surface area contributed by atoms with E-state index in [0.29, 0.717) is 30.5 Å². The Morgan fingerprint density at radius 1 is 1.25 bits per heavy atom. The van der Waals surface area contributed by atoms with Gasteiger partial charge in [0.1, 0.15) is 5.75 Å². The van der Waals surface area contributed by atoms with Gasteiger partial charge in [0.05, 0.1) is 25.3 Å². The minimum Gasteiger partial charge on any atom is -0.495 e. The molecule has 0 spiro atoms. The molecule has 0 aliphatic rings. The van der Waals surface area contributed by atoms with Gasteiger partial charge in [-0.15, -0.1) is 0 Å². The number of ether oxygens (including phenoxy) is 2. The van der Waals surface area contributed by atoms with Crippen molar-refractivity contribution >= 4 is 11.6 Å². The summed E-state index contributed by atoms with van der Waals surface area (Å²) in [6, 6.07) is 5.60. The van der Waals surface area contributed by atoms with Gasteiger partial charge in [0.25, 0.3) is 0 Å². The number of benzene rings is 1. The summed E-state index contributed by atoms with van der Waals surface area (Å²) in [6.45, 7) is 1.67.